The van der Waals surface area contributed by atoms with Crippen LogP contribution < -0.4 is 0 Å². The van der Waals surface area contributed by atoms with Gasteiger partial charge in [0.2, 0.25) is 10.0 Å². The monoisotopic (exact) mass is 365 g/mol. The molecule has 0 amide bonds. The number of unbranched alkanes of at least 4 members (excludes halogenated alkanes) is 1. The standard InChI is InChI=1S/C18H24FN3O2S/c1-2-3-11-21-14-10-20-18(21)15-8-12-22(13-9-15)25(23,24)17-7-5-4-6-16(17)19/h4-7,10,14-15H,2-3,8-9,11-13H2,1H3. The summed E-state index contributed by atoms with van der Waals surface area (Å²) >= 11 is 0. The predicted molar refractivity (Wildman–Crippen MR) is 94.3 cm³/mol. The molecule has 136 valence electrons. The lowest BCUT2D eigenvalue weighted by Gasteiger charge is -2.31. The van der Waals surface area contributed by atoms with Crippen molar-refractivity contribution in [3.8, 4) is 0 Å². The summed E-state index contributed by atoms with van der Waals surface area (Å²) in [6.07, 6.45) is 7.44. The summed E-state index contributed by atoms with van der Waals surface area (Å²) in [5, 5.41) is 0. The summed E-state index contributed by atoms with van der Waals surface area (Å²) in [5.74, 6) is 0.593. The second kappa shape index (κ2) is 7.66. The summed E-state index contributed by atoms with van der Waals surface area (Å²) in [5.41, 5.74) is 0. The zero-order valence-electron chi connectivity index (χ0n) is 14.4. The zero-order valence-corrected chi connectivity index (χ0v) is 15.3. The number of piperidine rings is 1. The molecule has 1 aromatic carbocycles. The molecule has 7 heteroatoms. The maximum absolute atomic E-state index is 13.9. The molecule has 5 nitrogen and oxygen atoms in total. The van der Waals surface area contributed by atoms with Crippen LogP contribution >= 0.6 is 0 Å². The van der Waals surface area contributed by atoms with Gasteiger partial charge in [-0.25, -0.2) is 17.8 Å². The third kappa shape index (κ3) is 3.77. The second-order valence-electron chi connectivity index (χ2n) is 6.44. The van der Waals surface area contributed by atoms with Gasteiger partial charge in [-0.2, -0.15) is 4.31 Å². The molecule has 0 bridgehead atoms. The Labute approximate surface area is 148 Å². The summed E-state index contributed by atoms with van der Waals surface area (Å²) in [7, 11) is -3.78. The average molecular weight is 365 g/mol. The molecule has 3 rings (SSSR count). The van der Waals surface area contributed by atoms with Gasteiger partial charge in [0.25, 0.3) is 0 Å². The highest BCUT2D eigenvalue weighted by molar-refractivity contribution is 7.89. The van der Waals surface area contributed by atoms with E-state index in [9.17, 15) is 12.8 Å². The van der Waals surface area contributed by atoms with Gasteiger partial charge in [0.15, 0.2) is 0 Å². The molecule has 1 fully saturated rings. The van der Waals surface area contributed by atoms with E-state index < -0.39 is 15.8 Å². The largest absolute Gasteiger partial charge is 0.335 e. The van der Waals surface area contributed by atoms with Crippen molar-refractivity contribution in [1.82, 2.24) is 13.9 Å². The first kappa shape index (κ1) is 18.1. The summed E-state index contributed by atoms with van der Waals surface area (Å²) in [6, 6.07) is 5.56. The van der Waals surface area contributed by atoms with Crippen molar-refractivity contribution >= 4 is 10.0 Å². The number of rotatable bonds is 6. The topological polar surface area (TPSA) is 55.2 Å². The van der Waals surface area contributed by atoms with E-state index in [1.807, 2.05) is 12.4 Å². The molecule has 0 saturated carbocycles. The number of aromatic nitrogens is 2. The van der Waals surface area contributed by atoms with E-state index in [0.29, 0.717) is 25.9 Å². The van der Waals surface area contributed by atoms with E-state index >= 15 is 0 Å². The molecule has 0 unspecified atom stereocenters. The van der Waals surface area contributed by atoms with Crippen LogP contribution in [0.25, 0.3) is 0 Å². The number of aryl methyl sites for hydroxylation is 1. The number of benzene rings is 1. The van der Waals surface area contributed by atoms with Crippen LogP contribution in [0.4, 0.5) is 4.39 Å². The van der Waals surface area contributed by atoms with Crippen LogP contribution in [-0.2, 0) is 16.6 Å². The van der Waals surface area contributed by atoms with E-state index in [4.69, 9.17) is 0 Å². The lowest BCUT2D eigenvalue weighted by molar-refractivity contribution is 0.308. The Hall–Kier alpha value is -1.73. The van der Waals surface area contributed by atoms with Crippen LogP contribution in [0.2, 0.25) is 0 Å². The maximum Gasteiger partial charge on any atom is 0.245 e. The van der Waals surface area contributed by atoms with Gasteiger partial charge < -0.3 is 4.57 Å². The number of sulfonamides is 1. The molecule has 1 aromatic heterocycles. The van der Waals surface area contributed by atoms with Gasteiger partial charge in [0, 0.05) is 37.9 Å². The van der Waals surface area contributed by atoms with Crippen LogP contribution in [0.3, 0.4) is 0 Å². The molecule has 0 spiro atoms. The number of imidazole rings is 1. The summed E-state index contributed by atoms with van der Waals surface area (Å²) < 4.78 is 42.8. The quantitative estimate of drug-likeness (QED) is 0.788. The minimum atomic E-state index is -3.78. The maximum atomic E-state index is 13.9. The number of hydrogen-bond acceptors (Lipinski definition) is 3. The van der Waals surface area contributed by atoms with Crippen molar-refractivity contribution in [2.24, 2.45) is 0 Å². The Morgan fingerprint density at radius 1 is 1.24 bits per heavy atom. The van der Waals surface area contributed by atoms with Gasteiger partial charge in [0.1, 0.15) is 16.5 Å². The first-order valence-electron chi connectivity index (χ1n) is 8.79. The highest BCUT2D eigenvalue weighted by Crippen LogP contribution is 2.30. The molecule has 2 heterocycles. The average Bonchev–Trinajstić information content (AvgIpc) is 3.09. The second-order valence-corrected chi connectivity index (χ2v) is 8.35. The van der Waals surface area contributed by atoms with Crippen LogP contribution in [-0.4, -0.2) is 35.4 Å². The molecule has 25 heavy (non-hydrogen) atoms. The Morgan fingerprint density at radius 2 is 1.96 bits per heavy atom. The van der Waals surface area contributed by atoms with Crippen molar-refractivity contribution in [3.05, 3.63) is 48.3 Å². The van der Waals surface area contributed by atoms with Crippen molar-refractivity contribution in [3.63, 3.8) is 0 Å². The van der Waals surface area contributed by atoms with E-state index in [-0.39, 0.29) is 10.8 Å². The Kier molecular flexibility index (Phi) is 5.54. The normalized spacial score (nSPS) is 17.0. The molecule has 0 atom stereocenters. The smallest absolute Gasteiger partial charge is 0.245 e. The van der Waals surface area contributed by atoms with Crippen LogP contribution in [0.1, 0.15) is 44.3 Å². The number of halogens is 1. The predicted octanol–water partition coefficient (Wildman–Crippen LogP) is 3.39. The first-order chi connectivity index (χ1) is 12.0. The van der Waals surface area contributed by atoms with Crippen LogP contribution in [0.15, 0.2) is 41.6 Å². The third-order valence-electron chi connectivity index (χ3n) is 4.77. The number of nitrogens with zero attached hydrogens (tertiary/aromatic N) is 3. The summed E-state index contributed by atoms with van der Waals surface area (Å²) in [4.78, 5) is 4.25. The summed E-state index contributed by atoms with van der Waals surface area (Å²) in [6.45, 7) is 3.88. The van der Waals surface area contributed by atoms with Crippen molar-refractivity contribution in [2.75, 3.05) is 13.1 Å². The lowest BCUT2D eigenvalue weighted by atomic mass is 9.97. The molecule has 0 radical (unpaired) electrons. The van der Waals surface area contributed by atoms with Gasteiger partial charge in [-0.3, -0.25) is 0 Å². The SMILES string of the molecule is CCCCn1ccnc1C1CCN(S(=O)(=O)c2ccccc2F)CC1. The molecular formula is C18H24FN3O2S. The minimum Gasteiger partial charge on any atom is -0.335 e. The van der Waals surface area contributed by atoms with E-state index in [2.05, 4.69) is 16.5 Å². The molecule has 0 N–H and O–H groups in total. The van der Waals surface area contributed by atoms with E-state index in [1.54, 1.807) is 6.07 Å². The fourth-order valence-electron chi connectivity index (χ4n) is 3.35. The first-order valence-corrected chi connectivity index (χ1v) is 10.2. The van der Waals surface area contributed by atoms with Gasteiger partial charge >= 0.3 is 0 Å². The molecule has 1 aliphatic rings. The van der Waals surface area contributed by atoms with E-state index in [0.717, 1.165) is 25.2 Å². The molecular weight excluding hydrogens is 341 g/mol. The fraction of sp³-hybridized carbons (Fsp3) is 0.500. The zero-order chi connectivity index (χ0) is 17.9. The molecule has 1 saturated heterocycles. The molecule has 2 aromatic rings. The van der Waals surface area contributed by atoms with Crippen LogP contribution in [0, 0.1) is 5.82 Å². The molecule has 0 aliphatic carbocycles. The van der Waals surface area contributed by atoms with Crippen molar-refractivity contribution < 1.29 is 12.8 Å². The van der Waals surface area contributed by atoms with Gasteiger partial charge in [-0.15, -0.1) is 0 Å². The Bertz CT molecular complexity index is 811. The van der Waals surface area contributed by atoms with Crippen molar-refractivity contribution in [1.29, 1.82) is 0 Å². The van der Waals surface area contributed by atoms with Crippen molar-refractivity contribution in [2.45, 2.75) is 50.0 Å². The molecule has 1 aliphatic heterocycles. The highest BCUT2D eigenvalue weighted by atomic mass is 32.2. The van der Waals surface area contributed by atoms with Gasteiger partial charge in [-0.05, 0) is 31.4 Å². The Morgan fingerprint density at radius 3 is 2.64 bits per heavy atom. The van der Waals surface area contributed by atoms with E-state index in [1.165, 1.54) is 22.5 Å². The van der Waals surface area contributed by atoms with Gasteiger partial charge in [0.05, 0.1) is 0 Å². The van der Waals surface area contributed by atoms with Crippen LogP contribution in [0.5, 0.6) is 0 Å². The highest BCUT2D eigenvalue weighted by Gasteiger charge is 2.32. The lowest BCUT2D eigenvalue weighted by Crippen LogP contribution is -2.38. The van der Waals surface area contributed by atoms with Gasteiger partial charge in [-0.1, -0.05) is 25.5 Å². The Balaban J connectivity index is 1.70. The third-order valence-corrected chi connectivity index (χ3v) is 6.71. The minimum absolute atomic E-state index is 0.238. The number of hydrogen-bond donors (Lipinski definition) is 0. The fourth-order valence-corrected chi connectivity index (χ4v) is 4.88.